The minimum Gasteiger partial charge on any atom is -0.347 e. The first-order valence-electron chi connectivity index (χ1n) is 5.17. The third-order valence-electron chi connectivity index (χ3n) is 2.34. The molecule has 2 aromatic rings. The van der Waals surface area contributed by atoms with Crippen molar-refractivity contribution < 1.29 is 9.18 Å². The fourth-order valence-electron chi connectivity index (χ4n) is 1.52. The zero-order valence-electron chi connectivity index (χ0n) is 9.56. The molecule has 0 radical (unpaired) electrons. The van der Waals surface area contributed by atoms with E-state index in [0.717, 1.165) is 5.56 Å². The molecule has 18 heavy (non-hydrogen) atoms. The number of benzene rings is 1. The number of rotatable bonds is 4. The third-order valence-corrected chi connectivity index (χ3v) is 3.84. The highest BCUT2D eigenvalue weighted by atomic mass is 35.5. The Bertz CT molecular complexity index is 573. The van der Waals surface area contributed by atoms with Gasteiger partial charge in [0, 0.05) is 13.6 Å². The van der Waals surface area contributed by atoms with Crippen LogP contribution in [0.4, 0.5) is 9.52 Å². The molecule has 3 nitrogen and oxygen atoms in total. The third kappa shape index (κ3) is 2.86. The fraction of sp³-hybridized carbons (Fsp3) is 0.167. The Morgan fingerprint density at radius 3 is 2.94 bits per heavy atom. The van der Waals surface area contributed by atoms with E-state index in [2.05, 4.69) is 4.98 Å². The monoisotopic (exact) mass is 284 g/mol. The van der Waals surface area contributed by atoms with Gasteiger partial charge in [0.25, 0.3) is 0 Å². The molecule has 0 fully saturated rings. The number of aldehydes is 1. The van der Waals surface area contributed by atoms with E-state index in [1.165, 1.54) is 23.5 Å². The minimum atomic E-state index is -0.272. The van der Waals surface area contributed by atoms with Gasteiger partial charge in [0.2, 0.25) is 0 Å². The fourth-order valence-corrected chi connectivity index (χ4v) is 2.54. The summed E-state index contributed by atoms with van der Waals surface area (Å²) >= 11 is 7.01. The molecule has 0 unspecified atom stereocenters. The SMILES string of the molecule is CN(Cc1cccc(F)c1)c1nc(Cl)c(C=O)s1. The standard InChI is InChI=1S/C12H10ClFN2OS/c1-16(6-8-3-2-4-9(14)5-8)12-15-11(13)10(7-17)18-12/h2-5,7H,6H2,1H3. The smallest absolute Gasteiger partial charge is 0.187 e. The molecule has 0 saturated carbocycles. The van der Waals surface area contributed by atoms with Crippen LogP contribution in [0.5, 0.6) is 0 Å². The van der Waals surface area contributed by atoms with Crippen molar-refractivity contribution in [1.82, 2.24) is 4.98 Å². The van der Waals surface area contributed by atoms with Gasteiger partial charge in [-0.3, -0.25) is 4.79 Å². The summed E-state index contributed by atoms with van der Waals surface area (Å²) in [7, 11) is 1.81. The lowest BCUT2D eigenvalue weighted by atomic mass is 10.2. The van der Waals surface area contributed by atoms with Crippen LogP contribution in [0.2, 0.25) is 5.15 Å². The molecule has 0 aliphatic rings. The second-order valence-corrected chi connectivity index (χ2v) is 5.12. The number of nitrogens with zero attached hydrogens (tertiary/aromatic N) is 2. The summed E-state index contributed by atoms with van der Waals surface area (Å²) in [5, 5.41) is 0.836. The summed E-state index contributed by atoms with van der Waals surface area (Å²) in [6, 6.07) is 6.35. The molecule has 0 aliphatic carbocycles. The first-order chi connectivity index (χ1) is 8.60. The van der Waals surface area contributed by atoms with Gasteiger partial charge in [0.1, 0.15) is 10.7 Å². The lowest BCUT2D eigenvalue weighted by Crippen LogP contribution is -2.16. The average molecular weight is 285 g/mol. The predicted octanol–water partition coefficient (Wildman–Crippen LogP) is 3.38. The first kappa shape index (κ1) is 13.0. The minimum absolute atomic E-state index is 0.205. The molecular weight excluding hydrogens is 275 g/mol. The van der Waals surface area contributed by atoms with Crippen LogP contribution in [0, 0.1) is 5.82 Å². The summed E-state index contributed by atoms with van der Waals surface area (Å²) in [4.78, 5) is 17.0. The van der Waals surface area contributed by atoms with Gasteiger partial charge in [-0.1, -0.05) is 35.1 Å². The van der Waals surface area contributed by atoms with E-state index >= 15 is 0 Å². The topological polar surface area (TPSA) is 33.2 Å². The summed E-state index contributed by atoms with van der Waals surface area (Å²) in [6.07, 6.45) is 0.680. The Morgan fingerprint density at radius 2 is 2.33 bits per heavy atom. The summed E-state index contributed by atoms with van der Waals surface area (Å²) in [6.45, 7) is 0.500. The summed E-state index contributed by atoms with van der Waals surface area (Å²) in [5.41, 5.74) is 0.830. The van der Waals surface area contributed by atoms with Crippen molar-refractivity contribution in [1.29, 1.82) is 0 Å². The van der Waals surface area contributed by atoms with Gasteiger partial charge in [-0.15, -0.1) is 0 Å². The van der Waals surface area contributed by atoms with E-state index in [0.29, 0.717) is 22.8 Å². The van der Waals surface area contributed by atoms with Crippen LogP contribution in [-0.4, -0.2) is 18.3 Å². The van der Waals surface area contributed by atoms with E-state index in [1.54, 1.807) is 6.07 Å². The number of carbonyl (C=O) groups excluding carboxylic acids is 1. The van der Waals surface area contributed by atoms with Gasteiger partial charge in [0.05, 0.1) is 0 Å². The highest BCUT2D eigenvalue weighted by molar-refractivity contribution is 7.17. The average Bonchev–Trinajstić information content (AvgIpc) is 2.70. The van der Waals surface area contributed by atoms with Crippen LogP contribution in [0.15, 0.2) is 24.3 Å². The highest BCUT2D eigenvalue weighted by Gasteiger charge is 2.12. The maximum atomic E-state index is 13.0. The molecule has 1 aromatic heterocycles. The van der Waals surface area contributed by atoms with E-state index in [-0.39, 0.29) is 11.0 Å². The van der Waals surface area contributed by atoms with Gasteiger partial charge in [-0.25, -0.2) is 9.37 Å². The summed E-state index contributed by atoms with van der Waals surface area (Å²) < 4.78 is 13.0. The Labute approximate surface area is 113 Å². The van der Waals surface area contributed by atoms with Gasteiger partial charge < -0.3 is 4.90 Å². The lowest BCUT2D eigenvalue weighted by molar-refractivity contribution is 0.112. The number of thiazole rings is 1. The normalized spacial score (nSPS) is 10.4. The molecule has 94 valence electrons. The molecular formula is C12H10ClFN2OS. The van der Waals surface area contributed by atoms with Crippen LogP contribution >= 0.6 is 22.9 Å². The summed E-state index contributed by atoms with van der Waals surface area (Å²) in [5.74, 6) is -0.272. The van der Waals surface area contributed by atoms with E-state index in [9.17, 15) is 9.18 Å². The van der Waals surface area contributed by atoms with Crippen molar-refractivity contribution in [3.8, 4) is 0 Å². The van der Waals surface area contributed by atoms with Gasteiger partial charge in [0.15, 0.2) is 16.6 Å². The van der Waals surface area contributed by atoms with Crippen molar-refractivity contribution in [2.75, 3.05) is 11.9 Å². The molecule has 0 saturated heterocycles. The van der Waals surface area contributed by atoms with E-state index < -0.39 is 0 Å². The van der Waals surface area contributed by atoms with Gasteiger partial charge >= 0.3 is 0 Å². The van der Waals surface area contributed by atoms with Crippen LogP contribution in [0.25, 0.3) is 0 Å². The number of halogens is 2. The van der Waals surface area contributed by atoms with Crippen LogP contribution < -0.4 is 4.90 Å². The predicted molar refractivity (Wildman–Crippen MR) is 71.0 cm³/mol. The Kier molecular flexibility index (Phi) is 3.93. The molecule has 2 rings (SSSR count). The lowest BCUT2D eigenvalue weighted by Gasteiger charge is -2.15. The Hall–Kier alpha value is -1.46. The zero-order chi connectivity index (χ0) is 13.1. The molecule has 0 atom stereocenters. The maximum Gasteiger partial charge on any atom is 0.187 e. The van der Waals surface area contributed by atoms with Crippen molar-refractivity contribution >= 4 is 34.4 Å². The second-order valence-electron chi connectivity index (χ2n) is 3.76. The molecule has 1 aromatic carbocycles. The number of aromatic nitrogens is 1. The molecule has 0 spiro atoms. The van der Waals surface area contributed by atoms with E-state index in [1.807, 2.05) is 18.0 Å². The quantitative estimate of drug-likeness (QED) is 0.807. The molecule has 0 bridgehead atoms. The van der Waals surface area contributed by atoms with Crippen LogP contribution in [0.1, 0.15) is 15.2 Å². The number of carbonyl (C=O) groups is 1. The molecule has 0 amide bonds. The van der Waals surface area contributed by atoms with Crippen LogP contribution in [0.3, 0.4) is 0 Å². The second kappa shape index (κ2) is 5.46. The molecule has 6 heteroatoms. The van der Waals surface area contributed by atoms with Crippen molar-refractivity contribution in [2.45, 2.75) is 6.54 Å². The largest absolute Gasteiger partial charge is 0.347 e. The molecule has 0 N–H and O–H groups in total. The van der Waals surface area contributed by atoms with Gasteiger partial charge in [-0.05, 0) is 17.7 Å². The first-order valence-corrected chi connectivity index (χ1v) is 6.36. The number of anilines is 1. The van der Waals surface area contributed by atoms with Gasteiger partial charge in [-0.2, -0.15) is 0 Å². The van der Waals surface area contributed by atoms with Crippen LogP contribution in [-0.2, 0) is 6.54 Å². The Morgan fingerprint density at radius 1 is 1.56 bits per heavy atom. The Balaban J connectivity index is 2.16. The molecule has 1 heterocycles. The highest BCUT2D eigenvalue weighted by Crippen LogP contribution is 2.28. The van der Waals surface area contributed by atoms with E-state index in [4.69, 9.17) is 11.6 Å². The van der Waals surface area contributed by atoms with Crippen molar-refractivity contribution in [2.24, 2.45) is 0 Å². The molecule has 0 aliphatic heterocycles. The van der Waals surface area contributed by atoms with Crippen molar-refractivity contribution in [3.63, 3.8) is 0 Å². The number of hydrogen-bond donors (Lipinski definition) is 0. The van der Waals surface area contributed by atoms with Crippen molar-refractivity contribution in [3.05, 3.63) is 45.7 Å². The number of hydrogen-bond acceptors (Lipinski definition) is 4. The zero-order valence-corrected chi connectivity index (χ0v) is 11.1. The maximum absolute atomic E-state index is 13.0.